The number of ether oxygens (including phenoxy) is 1. The lowest BCUT2D eigenvalue weighted by molar-refractivity contribution is -0.111. The highest BCUT2D eigenvalue weighted by atomic mass is 32.1. The number of amides is 1. The lowest BCUT2D eigenvalue weighted by Gasteiger charge is -2.26. The molecule has 0 unspecified atom stereocenters. The van der Waals surface area contributed by atoms with Crippen molar-refractivity contribution in [3.63, 3.8) is 0 Å². The van der Waals surface area contributed by atoms with Crippen molar-refractivity contribution < 1.29 is 9.53 Å². The van der Waals surface area contributed by atoms with Crippen molar-refractivity contribution in [2.75, 3.05) is 36.5 Å². The van der Waals surface area contributed by atoms with Crippen LogP contribution in [0.25, 0.3) is 23.0 Å². The predicted octanol–water partition coefficient (Wildman–Crippen LogP) is 4.48. The number of nitrogens with zero attached hydrogens (tertiary/aromatic N) is 4. The normalized spacial score (nSPS) is 14.0. The Hall–Kier alpha value is -3.75. The van der Waals surface area contributed by atoms with Crippen LogP contribution in [0.4, 0.5) is 10.8 Å². The maximum absolute atomic E-state index is 12.3. The second-order valence-electron chi connectivity index (χ2n) is 7.57. The lowest BCUT2D eigenvalue weighted by Crippen LogP contribution is -2.36. The first-order valence-electron chi connectivity index (χ1n) is 10.7. The summed E-state index contributed by atoms with van der Waals surface area (Å²) in [7, 11) is 0. The smallest absolute Gasteiger partial charge is 0.248 e. The van der Waals surface area contributed by atoms with Crippen molar-refractivity contribution in [1.82, 2.24) is 14.8 Å². The summed E-state index contributed by atoms with van der Waals surface area (Å²) >= 11 is 1.64. The SMILES string of the molecule is O=C(/C=C/c1cnn(-c2ccccc2)c1)Nc1ccc(-c2csc(N3CCOCC3)n2)cc1. The summed E-state index contributed by atoms with van der Waals surface area (Å²) in [4.78, 5) is 19.4. The van der Waals surface area contributed by atoms with Crippen LogP contribution in [0.2, 0.25) is 0 Å². The first kappa shape index (κ1) is 21.1. The number of para-hydroxylation sites is 1. The van der Waals surface area contributed by atoms with E-state index in [9.17, 15) is 4.79 Å². The zero-order valence-corrected chi connectivity index (χ0v) is 18.7. The van der Waals surface area contributed by atoms with Crippen LogP contribution in [0.5, 0.6) is 0 Å². The molecule has 0 saturated carbocycles. The molecule has 2 aromatic heterocycles. The number of nitrogens with one attached hydrogen (secondary N) is 1. The fourth-order valence-corrected chi connectivity index (χ4v) is 4.41. The highest BCUT2D eigenvalue weighted by molar-refractivity contribution is 7.14. The van der Waals surface area contributed by atoms with E-state index in [-0.39, 0.29) is 5.91 Å². The van der Waals surface area contributed by atoms with E-state index in [1.165, 1.54) is 6.08 Å². The average Bonchev–Trinajstić information content (AvgIpc) is 3.55. The predicted molar refractivity (Wildman–Crippen MR) is 132 cm³/mol. The molecule has 2 aromatic carbocycles. The van der Waals surface area contributed by atoms with E-state index in [1.807, 2.05) is 60.8 Å². The molecule has 0 bridgehead atoms. The van der Waals surface area contributed by atoms with E-state index in [2.05, 4.69) is 20.7 Å². The number of thiazole rings is 1. The van der Waals surface area contributed by atoms with Crippen LogP contribution in [0.1, 0.15) is 5.56 Å². The Morgan fingerprint density at radius 1 is 1.06 bits per heavy atom. The quantitative estimate of drug-likeness (QED) is 0.432. The molecule has 0 atom stereocenters. The molecule has 3 heterocycles. The van der Waals surface area contributed by atoms with Crippen molar-refractivity contribution in [1.29, 1.82) is 0 Å². The third-order valence-corrected chi connectivity index (χ3v) is 6.17. The molecule has 0 aliphatic carbocycles. The Balaban J connectivity index is 1.19. The highest BCUT2D eigenvalue weighted by Crippen LogP contribution is 2.28. The van der Waals surface area contributed by atoms with Crippen LogP contribution < -0.4 is 10.2 Å². The Kier molecular flexibility index (Phi) is 6.27. The maximum Gasteiger partial charge on any atom is 0.248 e. The van der Waals surface area contributed by atoms with Crippen molar-refractivity contribution in [2.24, 2.45) is 0 Å². The van der Waals surface area contributed by atoms with Crippen LogP contribution in [-0.4, -0.2) is 47.0 Å². The largest absolute Gasteiger partial charge is 0.378 e. The van der Waals surface area contributed by atoms with Crippen LogP contribution >= 0.6 is 11.3 Å². The zero-order chi connectivity index (χ0) is 22.5. The van der Waals surface area contributed by atoms with Gasteiger partial charge in [-0.2, -0.15) is 5.10 Å². The molecule has 1 fully saturated rings. The van der Waals surface area contributed by atoms with Crippen LogP contribution in [-0.2, 0) is 9.53 Å². The molecule has 33 heavy (non-hydrogen) atoms. The van der Waals surface area contributed by atoms with Crippen molar-refractivity contribution in [3.05, 3.63) is 84.0 Å². The van der Waals surface area contributed by atoms with Gasteiger partial charge in [-0.3, -0.25) is 4.79 Å². The maximum atomic E-state index is 12.3. The summed E-state index contributed by atoms with van der Waals surface area (Å²) in [6.07, 6.45) is 6.87. The van der Waals surface area contributed by atoms with Crippen LogP contribution in [0.15, 0.2) is 78.4 Å². The van der Waals surface area contributed by atoms with Gasteiger partial charge in [0.05, 0.1) is 30.8 Å². The van der Waals surface area contributed by atoms with E-state index < -0.39 is 0 Å². The van der Waals surface area contributed by atoms with E-state index >= 15 is 0 Å². The number of aromatic nitrogens is 3. The summed E-state index contributed by atoms with van der Waals surface area (Å²) in [5.74, 6) is -0.196. The average molecular weight is 458 g/mol. The molecule has 0 radical (unpaired) electrons. The molecule has 1 aliphatic heterocycles. The van der Waals surface area contributed by atoms with Crippen molar-refractivity contribution in [2.45, 2.75) is 0 Å². The monoisotopic (exact) mass is 457 g/mol. The molecule has 4 aromatic rings. The molecule has 1 saturated heterocycles. The summed E-state index contributed by atoms with van der Waals surface area (Å²) in [5, 5.41) is 10.3. The minimum Gasteiger partial charge on any atom is -0.378 e. The Bertz CT molecular complexity index is 1240. The number of morpholine rings is 1. The van der Waals surface area contributed by atoms with Gasteiger partial charge in [0.1, 0.15) is 0 Å². The van der Waals surface area contributed by atoms with Crippen LogP contribution in [0.3, 0.4) is 0 Å². The Labute approximate surface area is 196 Å². The lowest BCUT2D eigenvalue weighted by atomic mass is 10.1. The number of benzene rings is 2. The van der Waals surface area contributed by atoms with Gasteiger partial charge in [0, 0.05) is 47.6 Å². The standard InChI is InChI=1S/C25H23N5O2S/c31-24(11-6-19-16-26-30(17-19)22-4-2-1-3-5-22)27-21-9-7-20(8-10-21)23-18-33-25(28-23)29-12-14-32-15-13-29/h1-11,16-18H,12-15H2,(H,27,31)/b11-6+. The molecule has 0 spiro atoms. The number of carbonyl (C=O) groups is 1. The first-order valence-corrected chi connectivity index (χ1v) is 11.6. The van der Waals surface area contributed by atoms with Gasteiger partial charge >= 0.3 is 0 Å². The minimum atomic E-state index is -0.196. The molecule has 166 valence electrons. The molecule has 5 rings (SSSR count). The number of rotatable bonds is 6. The zero-order valence-electron chi connectivity index (χ0n) is 17.9. The van der Waals surface area contributed by atoms with Gasteiger partial charge in [-0.05, 0) is 30.3 Å². The van der Waals surface area contributed by atoms with E-state index in [1.54, 1.807) is 28.3 Å². The fraction of sp³-hybridized carbons (Fsp3) is 0.160. The van der Waals surface area contributed by atoms with Crippen molar-refractivity contribution in [3.8, 4) is 16.9 Å². The summed E-state index contributed by atoms with van der Waals surface area (Å²) < 4.78 is 7.19. The second-order valence-corrected chi connectivity index (χ2v) is 8.41. The van der Waals surface area contributed by atoms with Gasteiger partial charge in [0.25, 0.3) is 0 Å². The molecule has 7 nitrogen and oxygen atoms in total. The summed E-state index contributed by atoms with van der Waals surface area (Å²) in [6, 6.07) is 17.6. The Morgan fingerprint density at radius 3 is 2.64 bits per heavy atom. The second kappa shape index (κ2) is 9.81. The van der Waals surface area contributed by atoms with Crippen molar-refractivity contribution >= 4 is 34.1 Å². The minimum absolute atomic E-state index is 0.196. The van der Waals surface area contributed by atoms with Gasteiger partial charge in [-0.15, -0.1) is 11.3 Å². The van der Waals surface area contributed by atoms with Gasteiger partial charge in [0.15, 0.2) is 5.13 Å². The van der Waals surface area contributed by atoms with E-state index in [4.69, 9.17) is 9.72 Å². The van der Waals surface area contributed by atoms with E-state index in [0.29, 0.717) is 0 Å². The third kappa shape index (κ3) is 5.19. The number of anilines is 2. The number of hydrogen-bond acceptors (Lipinski definition) is 6. The van der Waals surface area contributed by atoms with Gasteiger partial charge in [-0.1, -0.05) is 30.3 Å². The summed E-state index contributed by atoms with van der Waals surface area (Å²) in [6.45, 7) is 3.23. The first-order chi connectivity index (χ1) is 16.2. The van der Waals surface area contributed by atoms with E-state index in [0.717, 1.165) is 59.6 Å². The molecular formula is C25H23N5O2S. The highest BCUT2D eigenvalue weighted by Gasteiger charge is 2.15. The van der Waals surface area contributed by atoms with Gasteiger partial charge < -0.3 is 15.0 Å². The molecular weight excluding hydrogens is 434 g/mol. The molecule has 8 heteroatoms. The van der Waals surface area contributed by atoms with Crippen LogP contribution in [0, 0.1) is 0 Å². The molecule has 1 aliphatic rings. The third-order valence-electron chi connectivity index (χ3n) is 5.27. The van der Waals surface area contributed by atoms with Gasteiger partial charge in [0.2, 0.25) is 5.91 Å². The number of hydrogen-bond donors (Lipinski definition) is 1. The fourth-order valence-electron chi connectivity index (χ4n) is 3.52. The summed E-state index contributed by atoms with van der Waals surface area (Å²) in [5.41, 5.74) is 4.52. The Morgan fingerprint density at radius 2 is 1.85 bits per heavy atom. The topological polar surface area (TPSA) is 72.3 Å². The van der Waals surface area contributed by atoms with Gasteiger partial charge in [-0.25, -0.2) is 9.67 Å². The number of carbonyl (C=O) groups excluding carboxylic acids is 1. The molecule has 1 amide bonds. The molecule has 1 N–H and O–H groups in total.